The highest BCUT2D eigenvalue weighted by molar-refractivity contribution is 6.42. The highest BCUT2D eigenvalue weighted by Gasteiger charge is 2.02. The number of anilines is 1. The molecule has 2 nitrogen and oxygen atoms in total. The SMILES string of the molecule is O=C(C=Cc1ccc(Cl)c(Cl)c1)Nc1cc(Cl)cc(Cl)c1. The summed E-state index contributed by atoms with van der Waals surface area (Å²) in [5.41, 5.74) is 1.29. The number of halogens is 4. The van der Waals surface area contributed by atoms with Crippen LogP contribution in [0, 0.1) is 0 Å². The van der Waals surface area contributed by atoms with Gasteiger partial charge in [-0.05, 0) is 42.0 Å². The highest BCUT2D eigenvalue weighted by atomic mass is 35.5. The fraction of sp³-hybridized carbons (Fsp3) is 0. The van der Waals surface area contributed by atoms with Crippen molar-refractivity contribution in [3.63, 3.8) is 0 Å². The Morgan fingerprint density at radius 2 is 1.57 bits per heavy atom. The zero-order valence-electron chi connectivity index (χ0n) is 10.5. The molecular weight excluding hydrogens is 352 g/mol. The number of benzene rings is 2. The van der Waals surface area contributed by atoms with Gasteiger partial charge in [0.1, 0.15) is 0 Å². The second kappa shape index (κ2) is 7.19. The zero-order valence-corrected chi connectivity index (χ0v) is 13.6. The third kappa shape index (κ3) is 4.94. The summed E-state index contributed by atoms with van der Waals surface area (Å²) in [5.74, 6) is -0.306. The third-order valence-electron chi connectivity index (χ3n) is 2.50. The van der Waals surface area contributed by atoms with Gasteiger partial charge in [0.05, 0.1) is 10.0 Å². The molecule has 21 heavy (non-hydrogen) atoms. The maximum atomic E-state index is 11.8. The van der Waals surface area contributed by atoms with E-state index >= 15 is 0 Å². The van der Waals surface area contributed by atoms with Gasteiger partial charge in [0.25, 0.3) is 0 Å². The molecule has 0 unspecified atom stereocenters. The Morgan fingerprint density at radius 3 is 2.19 bits per heavy atom. The van der Waals surface area contributed by atoms with E-state index in [-0.39, 0.29) is 5.91 Å². The Labute approximate surface area is 142 Å². The molecule has 0 saturated carbocycles. The van der Waals surface area contributed by atoms with Crippen molar-refractivity contribution in [1.29, 1.82) is 0 Å². The van der Waals surface area contributed by atoms with Crippen LogP contribution in [0.4, 0.5) is 5.69 Å². The first-order chi connectivity index (χ1) is 9.94. The van der Waals surface area contributed by atoms with Gasteiger partial charge in [-0.2, -0.15) is 0 Å². The van der Waals surface area contributed by atoms with Crippen molar-refractivity contribution in [1.82, 2.24) is 0 Å². The number of hydrogen-bond donors (Lipinski definition) is 1. The maximum Gasteiger partial charge on any atom is 0.248 e. The normalized spacial score (nSPS) is 10.9. The lowest BCUT2D eigenvalue weighted by atomic mass is 10.2. The van der Waals surface area contributed by atoms with E-state index < -0.39 is 0 Å². The summed E-state index contributed by atoms with van der Waals surface area (Å²) < 4.78 is 0. The van der Waals surface area contributed by atoms with Crippen molar-refractivity contribution in [2.45, 2.75) is 0 Å². The number of carbonyl (C=O) groups excluding carboxylic acids is 1. The van der Waals surface area contributed by atoms with E-state index in [4.69, 9.17) is 46.4 Å². The molecule has 1 amide bonds. The summed E-state index contributed by atoms with van der Waals surface area (Å²) in [5, 5.41) is 4.46. The number of carbonyl (C=O) groups is 1. The molecule has 108 valence electrons. The molecule has 0 bridgehead atoms. The minimum absolute atomic E-state index is 0.306. The summed E-state index contributed by atoms with van der Waals surface area (Å²) >= 11 is 23.4. The average molecular weight is 361 g/mol. The summed E-state index contributed by atoms with van der Waals surface area (Å²) in [6.45, 7) is 0. The molecule has 0 radical (unpaired) electrons. The monoisotopic (exact) mass is 359 g/mol. The molecule has 2 aromatic rings. The van der Waals surface area contributed by atoms with Crippen LogP contribution < -0.4 is 5.32 Å². The quantitative estimate of drug-likeness (QED) is 0.673. The minimum atomic E-state index is -0.306. The van der Waals surface area contributed by atoms with E-state index in [1.807, 2.05) is 0 Å². The van der Waals surface area contributed by atoms with Gasteiger partial charge in [0, 0.05) is 21.8 Å². The topological polar surface area (TPSA) is 29.1 Å². The van der Waals surface area contributed by atoms with E-state index in [9.17, 15) is 4.79 Å². The van der Waals surface area contributed by atoms with Crippen LogP contribution in [0.15, 0.2) is 42.5 Å². The van der Waals surface area contributed by atoms with Gasteiger partial charge in [-0.3, -0.25) is 4.79 Å². The van der Waals surface area contributed by atoms with Crippen molar-refractivity contribution in [3.05, 3.63) is 68.1 Å². The van der Waals surface area contributed by atoms with Gasteiger partial charge in [0.15, 0.2) is 0 Å². The Balaban J connectivity index is 2.07. The second-order valence-electron chi connectivity index (χ2n) is 4.15. The highest BCUT2D eigenvalue weighted by Crippen LogP contribution is 2.24. The van der Waals surface area contributed by atoms with Crippen molar-refractivity contribution in [2.75, 3.05) is 5.32 Å². The fourth-order valence-electron chi connectivity index (χ4n) is 1.60. The Hall–Kier alpha value is -1.19. The molecule has 0 fully saturated rings. The van der Waals surface area contributed by atoms with Crippen molar-refractivity contribution in [3.8, 4) is 0 Å². The molecule has 0 spiro atoms. The summed E-state index contributed by atoms with van der Waals surface area (Å²) in [6, 6.07) is 9.90. The molecule has 0 aromatic heterocycles. The van der Waals surface area contributed by atoms with Gasteiger partial charge in [-0.1, -0.05) is 52.5 Å². The van der Waals surface area contributed by atoms with Gasteiger partial charge in [0.2, 0.25) is 5.91 Å². The van der Waals surface area contributed by atoms with Crippen LogP contribution in [0.3, 0.4) is 0 Å². The zero-order chi connectivity index (χ0) is 15.4. The van der Waals surface area contributed by atoms with Crippen LogP contribution in [-0.2, 0) is 4.79 Å². The lowest BCUT2D eigenvalue weighted by molar-refractivity contribution is -0.111. The fourth-order valence-corrected chi connectivity index (χ4v) is 2.43. The largest absolute Gasteiger partial charge is 0.322 e. The summed E-state index contributed by atoms with van der Waals surface area (Å²) in [7, 11) is 0. The predicted molar refractivity (Wildman–Crippen MR) is 90.6 cm³/mol. The number of amides is 1. The first-order valence-corrected chi connectivity index (χ1v) is 7.35. The van der Waals surface area contributed by atoms with Gasteiger partial charge in [-0.25, -0.2) is 0 Å². The van der Waals surface area contributed by atoms with Gasteiger partial charge < -0.3 is 5.32 Å². The second-order valence-corrected chi connectivity index (χ2v) is 5.84. The van der Waals surface area contributed by atoms with Crippen LogP contribution in [0.1, 0.15) is 5.56 Å². The molecule has 2 aromatic carbocycles. The lowest BCUT2D eigenvalue weighted by Gasteiger charge is -2.03. The van der Waals surface area contributed by atoms with Crippen molar-refractivity contribution >= 4 is 64.1 Å². The predicted octanol–water partition coefficient (Wildman–Crippen LogP) is 5.95. The van der Waals surface area contributed by atoms with Gasteiger partial charge in [-0.15, -0.1) is 0 Å². The van der Waals surface area contributed by atoms with Crippen LogP contribution in [0.5, 0.6) is 0 Å². The van der Waals surface area contributed by atoms with Crippen molar-refractivity contribution < 1.29 is 4.79 Å². The minimum Gasteiger partial charge on any atom is -0.322 e. The molecule has 0 saturated heterocycles. The molecule has 1 N–H and O–H groups in total. The first kappa shape index (κ1) is 16.2. The number of hydrogen-bond acceptors (Lipinski definition) is 1. The molecule has 0 aliphatic heterocycles. The van der Waals surface area contributed by atoms with Gasteiger partial charge >= 0.3 is 0 Å². The third-order valence-corrected chi connectivity index (χ3v) is 3.68. The molecule has 6 heteroatoms. The summed E-state index contributed by atoms with van der Waals surface area (Å²) in [6.07, 6.45) is 3.01. The standard InChI is InChI=1S/C15H9Cl4NO/c16-10-6-11(17)8-12(7-10)20-15(21)4-2-9-1-3-13(18)14(19)5-9/h1-8H,(H,20,21). The molecular formula is C15H9Cl4NO. The summed E-state index contributed by atoms with van der Waals surface area (Å²) in [4.78, 5) is 11.8. The van der Waals surface area contributed by atoms with E-state index in [1.54, 1.807) is 42.5 Å². The van der Waals surface area contributed by atoms with E-state index in [0.29, 0.717) is 25.8 Å². The Kier molecular flexibility index (Phi) is 5.54. The Bertz CT molecular complexity index is 693. The van der Waals surface area contributed by atoms with Crippen LogP contribution >= 0.6 is 46.4 Å². The first-order valence-electron chi connectivity index (χ1n) is 5.84. The van der Waals surface area contributed by atoms with E-state index in [0.717, 1.165) is 5.56 Å². The van der Waals surface area contributed by atoms with E-state index in [2.05, 4.69) is 5.32 Å². The maximum absolute atomic E-state index is 11.8. The molecule has 0 atom stereocenters. The van der Waals surface area contributed by atoms with E-state index in [1.165, 1.54) is 6.08 Å². The molecule has 0 heterocycles. The number of nitrogens with one attached hydrogen (secondary N) is 1. The Morgan fingerprint density at radius 1 is 0.905 bits per heavy atom. The van der Waals surface area contributed by atoms with Crippen molar-refractivity contribution in [2.24, 2.45) is 0 Å². The van der Waals surface area contributed by atoms with Crippen LogP contribution in [0.2, 0.25) is 20.1 Å². The molecule has 0 aliphatic carbocycles. The van der Waals surface area contributed by atoms with Crippen LogP contribution in [0.25, 0.3) is 6.08 Å². The molecule has 2 rings (SSSR count). The average Bonchev–Trinajstić information content (AvgIpc) is 2.39. The smallest absolute Gasteiger partial charge is 0.248 e. The number of rotatable bonds is 3. The lowest BCUT2D eigenvalue weighted by Crippen LogP contribution is -2.07. The molecule has 0 aliphatic rings. The van der Waals surface area contributed by atoms with Crippen LogP contribution in [-0.4, -0.2) is 5.91 Å².